The van der Waals surface area contributed by atoms with Gasteiger partial charge in [-0.1, -0.05) is 6.92 Å². The highest BCUT2D eigenvalue weighted by molar-refractivity contribution is 7.89. The number of carbonyl (C=O) groups excluding carboxylic acids is 2. The maximum Gasteiger partial charge on any atom is 0.310 e. The van der Waals surface area contributed by atoms with Crippen LogP contribution in [0.5, 0.6) is 5.75 Å². The second kappa shape index (κ2) is 8.08. The minimum Gasteiger partial charge on any atom is -0.478 e. The third kappa shape index (κ3) is 3.86. The van der Waals surface area contributed by atoms with E-state index in [1.165, 1.54) is 10.4 Å². The van der Waals surface area contributed by atoms with E-state index in [9.17, 15) is 18.0 Å². The van der Waals surface area contributed by atoms with Gasteiger partial charge in [0.15, 0.2) is 6.10 Å². The number of amides is 1. The van der Waals surface area contributed by atoms with E-state index in [1.807, 2.05) is 6.92 Å². The van der Waals surface area contributed by atoms with Crippen LogP contribution in [0.1, 0.15) is 38.7 Å². The molecule has 8 nitrogen and oxygen atoms in total. The summed E-state index contributed by atoms with van der Waals surface area (Å²) in [5.74, 6) is -0.712. The van der Waals surface area contributed by atoms with Gasteiger partial charge in [0.25, 0.3) is 5.91 Å². The fraction of sp³-hybridized carbons (Fsp3) is 0.579. The number of sulfonamides is 1. The molecule has 0 aromatic heterocycles. The van der Waals surface area contributed by atoms with Crippen LogP contribution in [0.2, 0.25) is 0 Å². The predicted molar refractivity (Wildman–Crippen MR) is 103 cm³/mol. The molecule has 0 bridgehead atoms. The van der Waals surface area contributed by atoms with E-state index < -0.39 is 22.0 Å². The van der Waals surface area contributed by atoms with E-state index >= 15 is 0 Å². The normalized spacial score (nSPS) is 22.8. The monoisotopic (exact) mass is 410 g/mol. The first-order valence-electron chi connectivity index (χ1n) is 9.56. The molecule has 154 valence electrons. The first kappa shape index (κ1) is 20.6. The molecule has 1 amide bonds. The number of anilines is 1. The molecule has 0 aliphatic carbocycles. The highest BCUT2D eigenvalue weighted by atomic mass is 32.2. The van der Waals surface area contributed by atoms with Gasteiger partial charge in [0, 0.05) is 19.2 Å². The van der Waals surface area contributed by atoms with Crippen molar-refractivity contribution < 1.29 is 27.5 Å². The summed E-state index contributed by atoms with van der Waals surface area (Å²) in [6.07, 6.45) is 1.04. The Labute approximate surface area is 165 Å². The van der Waals surface area contributed by atoms with Gasteiger partial charge in [0.2, 0.25) is 10.0 Å². The second-order valence-corrected chi connectivity index (χ2v) is 8.98. The van der Waals surface area contributed by atoms with Crippen LogP contribution >= 0.6 is 0 Å². The average Bonchev–Trinajstić information content (AvgIpc) is 2.67. The minimum absolute atomic E-state index is 0.104. The molecule has 1 N–H and O–H groups in total. The number of nitrogens with zero attached hydrogens (tertiary/aromatic N) is 1. The molecule has 1 fully saturated rings. The van der Waals surface area contributed by atoms with Crippen LogP contribution in [0, 0.1) is 12.8 Å². The summed E-state index contributed by atoms with van der Waals surface area (Å²) in [6, 6.07) is 3.08. The smallest absolute Gasteiger partial charge is 0.310 e. The van der Waals surface area contributed by atoms with Crippen molar-refractivity contribution in [3.05, 3.63) is 17.7 Å². The Morgan fingerprint density at radius 3 is 2.79 bits per heavy atom. The number of benzene rings is 1. The van der Waals surface area contributed by atoms with Crippen LogP contribution in [0.4, 0.5) is 5.69 Å². The number of carbonyl (C=O) groups is 2. The van der Waals surface area contributed by atoms with Crippen molar-refractivity contribution in [3.8, 4) is 5.75 Å². The number of aryl methyl sites for hydroxylation is 1. The molecule has 3 rings (SSSR count). The van der Waals surface area contributed by atoms with Crippen molar-refractivity contribution in [2.45, 2.75) is 51.0 Å². The first-order valence-corrected chi connectivity index (χ1v) is 11.0. The summed E-state index contributed by atoms with van der Waals surface area (Å²) in [5.41, 5.74) is 0.977. The molecule has 0 spiro atoms. The third-order valence-corrected chi connectivity index (χ3v) is 7.10. The molecule has 1 aromatic carbocycles. The SMILES string of the molecule is CCOC(=O)C1CCCN(S(=O)(=O)c2cc3c(cc2C)NC(=O)C(CC)O3)C1. The summed E-state index contributed by atoms with van der Waals surface area (Å²) in [6.45, 7) is 5.96. The molecular formula is C19H26N2O6S. The topological polar surface area (TPSA) is 102 Å². The molecule has 28 heavy (non-hydrogen) atoms. The highest BCUT2D eigenvalue weighted by Gasteiger charge is 2.36. The Morgan fingerprint density at radius 1 is 1.36 bits per heavy atom. The standard InChI is InChI=1S/C19H26N2O6S/c1-4-15-18(22)20-14-9-12(3)17(10-16(14)27-15)28(24,25)21-8-6-7-13(11-21)19(23)26-5-2/h9-10,13,15H,4-8,11H2,1-3H3,(H,20,22). The molecule has 1 aromatic rings. The number of hydrogen-bond donors (Lipinski definition) is 1. The van der Waals surface area contributed by atoms with Gasteiger partial charge in [-0.15, -0.1) is 0 Å². The summed E-state index contributed by atoms with van der Waals surface area (Å²) in [7, 11) is -3.81. The van der Waals surface area contributed by atoms with Crippen molar-refractivity contribution >= 4 is 27.6 Å². The van der Waals surface area contributed by atoms with Crippen LogP contribution in [-0.4, -0.2) is 50.4 Å². The van der Waals surface area contributed by atoms with Crippen LogP contribution in [0.25, 0.3) is 0 Å². The Kier molecular flexibility index (Phi) is 5.95. The number of fused-ring (bicyclic) bond motifs is 1. The van der Waals surface area contributed by atoms with Crippen molar-refractivity contribution in [3.63, 3.8) is 0 Å². The maximum atomic E-state index is 13.3. The van der Waals surface area contributed by atoms with Gasteiger partial charge in [-0.3, -0.25) is 9.59 Å². The molecule has 0 radical (unpaired) electrons. The van der Waals surface area contributed by atoms with Crippen molar-refractivity contribution in [2.24, 2.45) is 5.92 Å². The minimum atomic E-state index is -3.81. The van der Waals surface area contributed by atoms with Gasteiger partial charge in [-0.05, 0) is 44.7 Å². The zero-order valence-electron chi connectivity index (χ0n) is 16.4. The largest absolute Gasteiger partial charge is 0.478 e. The molecule has 2 aliphatic heterocycles. The summed E-state index contributed by atoms with van der Waals surface area (Å²) in [5, 5.41) is 2.76. The lowest BCUT2D eigenvalue weighted by molar-refractivity contribution is -0.149. The number of esters is 1. The highest BCUT2D eigenvalue weighted by Crippen LogP contribution is 2.36. The molecule has 9 heteroatoms. The zero-order chi connectivity index (χ0) is 20.5. The van der Waals surface area contributed by atoms with E-state index in [0.717, 1.165) is 0 Å². The molecule has 2 unspecified atom stereocenters. The number of ether oxygens (including phenoxy) is 2. The Balaban J connectivity index is 1.90. The van der Waals surface area contributed by atoms with Crippen LogP contribution in [0.15, 0.2) is 17.0 Å². The molecule has 2 heterocycles. The number of nitrogens with one attached hydrogen (secondary N) is 1. The van der Waals surface area contributed by atoms with Gasteiger partial charge in [-0.25, -0.2) is 8.42 Å². The number of hydrogen-bond acceptors (Lipinski definition) is 6. The van der Waals surface area contributed by atoms with Gasteiger partial charge in [0.1, 0.15) is 5.75 Å². The van der Waals surface area contributed by atoms with Gasteiger partial charge < -0.3 is 14.8 Å². The molecule has 2 atom stereocenters. The lowest BCUT2D eigenvalue weighted by atomic mass is 10.0. The third-order valence-electron chi connectivity index (χ3n) is 5.09. The van der Waals surface area contributed by atoms with E-state index in [1.54, 1.807) is 19.9 Å². The molecular weight excluding hydrogens is 384 g/mol. The van der Waals surface area contributed by atoms with E-state index in [0.29, 0.717) is 42.8 Å². The van der Waals surface area contributed by atoms with Crippen molar-refractivity contribution in [1.82, 2.24) is 4.31 Å². The number of piperidine rings is 1. The van der Waals surface area contributed by atoms with E-state index in [4.69, 9.17) is 9.47 Å². The van der Waals surface area contributed by atoms with E-state index in [-0.39, 0.29) is 29.9 Å². The maximum absolute atomic E-state index is 13.3. The average molecular weight is 410 g/mol. The lowest BCUT2D eigenvalue weighted by Gasteiger charge is -2.32. The molecule has 0 saturated carbocycles. The van der Waals surface area contributed by atoms with Gasteiger partial charge in [-0.2, -0.15) is 4.31 Å². The molecule has 2 aliphatic rings. The number of rotatable bonds is 5. The van der Waals surface area contributed by atoms with Crippen LogP contribution < -0.4 is 10.1 Å². The summed E-state index contributed by atoms with van der Waals surface area (Å²) < 4.78 is 38.6. The Morgan fingerprint density at radius 2 is 2.11 bits per heavy atom. The summed E-state index contributed by atoms with van der Waals surface area (Å²) in [4.78, 5) is 24.2. The second-order valence-electron chi connectivity index (χ2n) is 7.07. The van der Waals surface area contributed by atoms with Gasteiger partial charge >= 0.3 is 5.97 Å². The zero-order valence-corrected chi connectivity index (χ0v) is 17.2. The fourth-order valence-corrected chi connectivity index (χ4v) is 5.33. The fourth-order valence-electron chi connectivity index (χ4n) is 3.58. The first-order chi connectivity index (χ1) is 13.3. The summed E-state index contributed by atoms with van der Waals surface area (Å²) >= 11 is 0. The lowest BCUT2D eigenvalue weighted by Crippen LogP contribution is -2.43. The quantitative estimate of drug-likeness (QED) is 0.746. The molecule has 1 saturated heterocycles. The Hall–Kier alpha value is -2.13. The van der Waals surface area contributed by atoms with Gasteiger partial charge in [0.05, 0.1) is 23.1 Å². The predicted octanol–water partition coefficient (Wildman–Crippen LogP) is 2.07. The van der Waals surface area contributed by atoms with Crippen LogP contribution in [0.3, 0.4) is 0 Å². The van der Waals surface area contributed by atoms with Crippen molar-refractivity contribution in [1.29, 1.82) is 0 Å². The Bertz CT molecular complexity index is 883. The van der Waals surface area contributed by atoms with E-state index in [2.05, 4.69) is 5.32 Å². The van der Waals surface area contributed by atoms with Crippen LogP contribution in [-0.2, 0) is 24.3 Å². The van der Waals surface area contributed by atoms with Crippen molar-refractivity contribution in [2.75, 3.05) is 25.0 Å².